The van der Waals surface area contributed by atoms with Crippen molar-refractivity contribution in [1.82, 2.24) is 4.98 Å². The van der Waals surface area contributed by atoms with Crippen molar-refractivity contribution in [3.8, 4) is 11.1 Å². The first-order valence-corrected chi connectivity index (χ1v) is 5.50. The molecule has 0 aliphatic rings. The van der Waals surface area contributed by atoms with Gasteiger partial charge in [-0.1, -0.05) is 18.2 Å². The molecule has 0 N–H and O–H groups in total. The SMILES string of the molecule is Cc1cc(-c2ccccc2C(F)(F)F)cc(C)n1. The number of aromatic nitrogens is 1. The molecule has 0 bridgehead atoms. The van der Waals surface area contributed by atoms with E-state index in [0.717, 1.165) is 6.07 Å². The summed E-state index contributed by atoms with van der Waals surface area (Å²) < 4.78 is 38.8. The highest BCUT2D eigenvalue weighted by atomic mass is 19.4. The van der Waals surface area contributed by atoms with E-state index in [4.69, 9.17) is 0 Å². The molecule has 18 heavy (non-hydrogen) atoms. The summed E-state index contributed by atoms with van der Waals surface area (Å²) in [6.45, 7) is 3.54. The lowest BCUT2D eigenvalue weighted by molar-refractivity contribution is -0.137. The summed E-state index contributed by atoms with van der Waals surface area (Å²) in [5.41, 5.74) is 1.55. The maximum Gasteiger partial charge on any atom is 0.417 e. The smallest absolute Gasteiger partial charge is 0.258 e. The monoisotopic (exact) mass is 251 g/mol. The third kappa shape index (κ3) is 2.53. The Morgan fingerprint density at radius 2 is 1.50 bits per heavy atom. The Balaban J connectivity index is 2.64. The summed E-state index contributed by atoms with van der Waals surface area (Å²) in [5, 5.41) is 0. The number of aryl methyl sites for hydroxylation is 2. The second-order valence-electron chi connectivity index (χ2n) is 4.18. The van der Waals surface area contributed by atoms with Crippen LogP contribution in [0.15, 0.2) is 36.4 Å². The highest BCUT2D eigenvalue weighted by molar-refractivity contribution is 5.68. The van der Waals surface area contributed by atoms with E-state index < -0.39 is 11.7 Å². The lowest BCUT2D eigenvalue weighted by Gasteiger charge is -2.13. The summed E-state index contributed by atoms with van der Waals surface area (Å²) in [6, 6.07) is 8.91. The number of rotatable bonds is 1. The molecule has 0 fully saturated rings. The average Bonchev–Trinajstić information content (AvgIpc) is 2.26. The van der Waals surface area contributed by atoms with Crippen molar-refractivity contribution in [3.63, 3.8) is 0 Å². The van der Waals surface area contributed by atoms with Gasteiger partial charge in [0.2, 0.25) is 0 Å². The number of hydrogen-bond donors (Lipinski definition) is 0. The van der Waals surface area contributed by atoms with Crippen LogP contribution >= 0.6 is 0 Å². The fourth-order valence-electron chi connectivity index (χ4n) is 1.97. The molecule has 0 radical (unpaired) electrons. The third-order valence-electron chi connectivity index (χ3n) is 2.62. The third-order valence-corrected chi connectivity index (χ3v) is 2.62. The summed E-state index contributed by atoms with van der Waals surface area (Å²) in [5.74, 6) is 0. The van der Waals surface area contributed by atoms with Crippen LogP contribution in [0.5, 0.6) is 0 Å². The van der Waals surface area contributed by atoms with Gasteiger partial charge in [0.25, 0.3) is 0 Å². The zero-order chi connectivity index (χ0) is 13.3. The minimum absolute atomic E-state index is 0.193. The first kappa shape index (κ1) is 12.6. The highest BCUT2D eigenvalue weighted by Crippen LogP contribution is 2.37. The maximum atomic E-state index is 12.9. The van der Waals surface area contributed by atoms with E-state index in [1.54, 1.807) is 32.0 Å². The number of alkyl halides is 3. The van der Waals surface area contributed by atoms with Crippen molar-refractivity contribution >= 4 is 0 Å². The van der Waals surface area contributed by atoms with Crippen LogP contribution in [0.4, 0.5) is 13.2 Å². The van der Waals surface area contributed by atoms with Crippen LogP contribution in [0.3, 0.4) is 0 Å². The van der Waals surface area contributed by atoms with Gasteiger partial charge in [-0.3, -0.25) is 4.98 Å². The molecule has 1 aromatic heterocycles. The molecule has 0 saturated carbocycles. The molecule has 0 aliphatic heterocycles. The van der Waals surface area contributed by atoms with Crippen LogP contribution in [-0.4, -0.2) is 4.98 Å². The second kappa shape index (κ2) is 4.44. The van der Waals surface area contributed by atoms with Crippen LogP contribution in [0.25, 0.3) is 11.1 Å². The van der Waals surface area contributed by atoms with Crippen molar-refractivity contribution < 1.29 is 13.2 Å². The van der Waals surface area contributed by atoms with Crippen LogP contribution in [-0.2, 0) is 6.18 Å². The van der Waals surface area contributed by atoms with E-state index in [0.29, 0.717) is 17.0 Å². The highest BCUT2D eigenvalue weighted by Gasteiger charge is 2.33. The summed E-state index contributed by atoms with van der Waals surface area (Å²) in [4.78, 5) is 4.17. The van der Waals surface area contributed by atoms with Crippen LogP contribution in [0, 0.1) is 13.8 Å². The van der Waals surface area contributed by atoms with Gasteiger partial charge in [0.1, 0.15) is 0 Å². The molecule has 0 atom stereocenters. The molecular formula is C14H12F3N. The fraction of sp³-hybridized carbons (Fsp3) is 0.214. The first-order valence-electron chi connectivity index (χ1n) is 5.50. The van der Waals surface area contributed by atoms with Crippen molar-refractivity contribution in [1.29, 1.82) is 0 Å². The average molecular weight is 251 g/mol. The Labute approximate surface area is 103 Å². The van der Waals surface area contributed by atoms with Gasteiger partial charge in [-0.15, -0.1) is 0 Å². The molecule has 1 nitrogen and oxygen atoms in total. The standard InChI is InChI=1S/C14H12F3N/c1-9-7-11(8-10(2)18-9)12-5-3-4-6-13(12)14(15,16)17/h3-8H,1-2H3. The molecule has 1 aromatic carbocycles. The number of hydrogen-bond acceptors (Lipinski definition) is 1. The molecule has 1 heterocycles. The molecule has 0 unspecified atom stereocenters. The predicted molar refractivity (Wildman–Crippen MR) is 64.1 cm³/mol. The number of benzene rings is 1. The lowest BCUT2D eigenvalue weighted by atomic mass is 9.99. The van der Waals surface area contributed by atoms with Crippen molar-refractivity contribution in [2.45, 2.75) is 20.0 Å². The van der Waals surface area contributed by atoms with E-state index in [-0.39, 0.29) is 5.56 Å². The van der Waals surface area contributed by atoms with Gasteiger partial charge in [-0.25, -0.2) is 0 Å². The van der Waals surface area contributed by atoms with E-state index in [1.807, 2.05) is 0 Å². The fourth-order valence-corrected chi connectivity index (χ4v) is 1.97. The predicted octanol–water partition coefficient (Wildman–Crippen LogP) is 4.38. The lowest BCUT2D eigenvalue weighted by Crippen LogP contribution is -2.07. The molecule has 0 amide bonds. The number of pyridine rings is 1. The topological polar surface area (TPSA) is 12.9 Å². The van der Waals surface area contributed by atoms with Gasteiger partial charge >= 0.3 is 6.18 Å². The van der Waals surface area contributed by atoms with E-state index in [9.17, 15) is 13.2 Å². The van der Waals surface area contributed by atoms with Gasteiger partial charge in [0.05, 0.1) is 5.56 Å². The van der Waals surface area contributed by atoms with Crippen LogP contribution in [0.2, 0.25) is 0 Å². The summed E-state index contributed by atoms with van der Waals surface area (Å²) >= 11 is 0. The molecule has 4 heteroatoms. The molecule has 94 valence electrons. The Morgan fingerprint density at radius 3 is 2.06 bits per heavy atom. The van der Waals surface area contributed by atoms with Gasteiger partial charge in [-0.2, -0.15) is 13.2 Å². The molecule has 0 aliphatic carbocycles. The Morgan fingerprint density at radius 1 is 0.944 bits per heavy atom. The molecule has 2 rings (SSSR count). The minimum Gasteiger partial charge on any atom is -0.258 e. The molecular weight excluding hydrogens is 239 g/mol. The van der Waals surface area contributed by atoms with E-state index >= 15 is 0 Å². The second-order valence-corrected chi connectivity index (χ2v) is 4.18. The Hall–Kier alpha value is -1.84. The summed E-state index contributed by atoms with van der Waals surface area (Å²) in [7, 11) is 0. The van der Waals surface area contributed by atoms with Crippen LogP contribution in [0.1, 0.15) is 17.0 Å². The largest absolute Gasteiger partial charge is 0.417 e. The van der Waals surface area contributed by atoms with E-state index in [2.05, 4.69) is 4.98 Å². The number of halogens is 3. The zero-order valence-electron chi connectivity index (χ0n) is 10.0. The minimum atomic E-state index is -4.35. The van der Waals surface area contributed by atoms with Gasteiger partial charge < -0.3 is 0 Å². The Bertz CT molecular complexity index is 553. The maximum absolute atomic E-state index is 12.9. The quantitative estimate of drug-likeness (QED) is 0.732. The Kier molecular flexibility index (Phi) is 3.11. The van der Waals surface area contributed by atoms with Crippen molar-refractivity contribution in [2.24, 2.45) is 0 Å². The molecule has 2 aromatic rings. The van der Waals surface area contributed by atoms with Crippen molar-refractivity contribution in [2.75, 3.05) is 0 Å². The van der Waals surface area contributed by atoms with Crippen LogP contribution < -0.4 is 0 Å². The van der Waals surface area contributed by atoms with Gasteiger partial charge in [0.15, 0.2) is 0 Å². The molecule has 0 spiro atoms. The van der Waals surface area contributed by atoms with E-state index in [1.165, 1.54) is 12.1 Å². The van der Waals surface area contributed by atoms with Gasteiger partial charge in [0, 0.05) is 11.4 Å². The zero-order valence-corrected chi connectivity index (χ0v) is 10.0. The first-order chi connectivity index (χ1) is 8.38. The van der Waals surface area contributed by atoms with Gasteiger partial charge in [-0.05, 0) is 43.2 Å². The molecule has 0 saturated heterocycles. The summed E-state index contributed by atoms with van der Waals surface area (Å²) in [6.07, 6.45) is -4.35. The van der Waals surface area contributed by atoms with Crippen molar-refractivity contribution in [3.05, 3.63) is 53.3 Å². The normalized spacial score (nSPS) is 11.6. The number of nitrogens with zero attached hydrogens (tertiary/aromatic N) is 1.